The first-order valence-electron chi connectivity index (χ1n) is 4.96. The Morgan fingerprint density at radius 1 is 1.60 bits per heavy atom. The highest BCUT2D eigenvalue weighted by Gasteiger charge is 2.19. The Morgan fingerprint density at radius 3 is 2.60 bits per heavy atom. The summed E-state index contributed by atoms with van der Waals surface area (Å²) in [6.07, 6.45) is -0.662. The van der Waals surface area contributed by atoms with Crippen molar-refractivity contribution in [2.45, 2.75) is 45.6 Å². The molecule has 0 aliphatic carbocycles. The van der Waals surface area contributed by atoms with Crippen LogP contribution in [-0.4, -0.2) is 22.0 Å². The Morgan fingerprint density at radius 2 is 2.20 bits per heavy atom. The van der Waals surface area contributed by atoms with Crippen LogP contribution in [0.25, 0.3) is 0 Å². The molecule has 0 aromatic carbocycles. The number of hydrogen-bond acceptors (Lipinski definition) is 4. The van der Waals surface area contributed by atoms with E-state index in [1.54, 1.807) is 0 Å². The minimum atomic E-state index is -0.896. The average molecular weight is 227 g/mol. The summed E-state index contributed by atoms with van der Waals surface area (Å²) in [4.78, 5) is 15.7. The third kappa shape index (κ3) is 3.39. The average Bonchev–Trinajstić information content (AvgIpc) is 2.51. The van der Waals surface area contributed by atoms with Gasteiger partial charge in [0, 0.05) is 10.8 Å². The molecule has 84 valence electrons. The van der Waals surface area contributed by atoms with Crippen molar-refractivity contribution in [3.05, 3.63) is 16.1 Å². The van der Waals surface area contributed by atoms with Gasteiger partial charge in [0.15, 0.2) is 5.78 Å². The number of ketones is 1. The standard InChI is InChI=1S/C11H17NO2S/c1-7(13)8(14)5-10-12-9(6-15-10)11(2,3)4/h6-7,13H,5H2,1-4H3. The minimum absolute atomic E-state index is 0.0165. The molecule has 0 radical (unpaired) electrons. The third-order valence-electron chi connectivity index (χ3n) is 2.11. The molecule has 0 fully saturated rings. The maximum atomic E-state index is 11.3. The fraction of sp³-hybridized carbons (Fsp3) is 0.636. The number of rotatable bonds is 3. The van der Waals surface area contributed by atoms with Crippen molar-refractivity contribution >= 4 is 17.1 Å². The van der Waals surface area contributed by atoms with E-state index in [0.29, 0.717) is 0 Å². The molecular formula is C11H17NO2S. The fourth-order valence-electron chi connectivity index (χ4n) is 1.03. The van der Waals surface area contributed by atoms with Crippen molar-refractivity contribution in [2.75, 3.05) is 0 Å². The number of aliphatic hydroxyl groups is 1. The number of nitrogens with zero attached hydrogens (tertiary/aromatic N) is 1. The van der Waals surface area contributed by atoms with Crippen molar-refractivity contribution in [1.29, 1.82) is 0 Å². The third-order valence-corrected chi connectivity index (χ3v) is 2.96. The van der Waals surface area contributed by atoms with Crippen molar-refractivity contribution in [3.63, 3.8) is 0 Å². The number of carbonyl (C=O) groups is 1. The molecule has 1 unspecified atom stereocenters. The van der Waals surface area contributed by atoms with Gasteiger partial charge in [-0.2, -0.15) is 0 Å². The van der Waals surface area contributed by atoms with E-state index in [9.17, 15) is 4.79 Å². The van der Waals surface area contributed by atoms with Crippen LogP contribution in [0.3, 0.4) is 0 Å². The molecule has 1 heterocycles. The summed E-state index contributed by atoms with van der Waals surface area (Å²) in [7, 11) is 0. The first kappa shape index (κ1) is 12.3. The Kier molecular flexibility index (Phi) is 3.62. The van der Waals surface area contributed by atoms with Crippen LogP contribution in [-0.2, 0) is 16.6 Å². The van der Waals surface area contributed by atoms with E-state index >= 15 is 0 Å². The maximum absolute atomic E-state index is 11.3. The predicted molar refractivity (Wildman–Crippen MR) is 61.2 cm³/mol. The van der Waals surface area contributed by atoms with Crippen molar-refractivity contribution in [3.8, 4) is 0 Å². The maximum Gasteiger partial charge on any atom is 0.167 e. The molecule has 0 bridgehead atoms. The van der Waals surface area contributed by atoms with Crippen molar-refractivity contribution in [2.24, 2.45) is 0 Å². The molecule has 0 saturated heterocycles. The second-order valence-corrected chi connectivity index (χ2v) is 5.64. The molecule has 0 spiro atoms. The van der Waals surface area contributed by atoms with Gasteiger partial charge in [-0.25, -0.2) is 4.98 Å². The van der Waals surface area contributed by atoms with E-state index in [0.717, 1.165) is 10.7 Å². The van der Waals surface area contributed by atoms with Crippen molar-refractivity contribution < 1.29 is 9.90 Å². The van der Waals surface area contributed by atoms with Gasteiger partial charge in [0.25, 0.3) is 0 Å². The number of thiazole rings is 1. The van der Waals surface area contributed by atoms with Crippen LogP contribution in [0.1, 0.15) is 38.4 Å². The fourth-order valence-corrected chi connectivity index (χ4v) is 2.06. The summed E-state index contributed by atoms with van der Waals surface area (Å²) in [5.41, 5.74) is 1.02. The number of carbonyl (C=O) groups excluding carboxylic acids is 1. The first-order chi connectivity index (χ1) is 6.80. The van der Waals surface area contributed by atoms with E-state index in [-0.39, 0.29) is 17.6 Å². The highest BCUT2D eigenvalue weighted by atomic mass is 32.1. The summed E-state index contributed by atoms with van der Waals surface area (Å²) in [6, 6.07) is 0. The number of aliphatic hydroxyl groups excluding tert-OH is 1. The SMILES string of the molecule is CC(O)C(=O)Cc1nc(C(C)(C)C)cs1. The largest absolute Gasteiger partial charge is 0.386 e. The van der Waals surface area contributed by atoms with E-state index in [1.165, 1.54) is 18.3 Å². The normalized spacial score (nSPS) is 13.9. The van der Waals surface area contributed by atoms with Gasteiger partial charge in [-0.1, -0.05) is 20.8 Å². The molecule has 0 saturated carbocycles. The molecule has 0 aliphatic rings. The molecule has 0 aliphatic heterocycles. The predicted octanol–water partition coefficient (Wildman–Crippen LogP) is 1.93. The molecule has 1 aromatic rings. The lowest BCUT2D eigenvalue weighted by Crippen LogP contribution is -2.18. The quantitative estimate of drug-likeness (QED) is 0.858. The van der Waals surface area contributed by atoms with Gasteiger partial charge in [0.1, 0.15) is 11.1 Å². The summed E-state index contributed by atoms with van der Waals surface area (Å²) in [6.45, 7) is 7.74. The molecule has 1 rings (SSSR count). The topological polar surface area (TPSA) is 50.2 Å². The van der Waals surface area contributed by atoms with Crippen LogP contribution in [0.15, 0.2) is 5.38 Å². The molecule has 0 amide bonds. The Balaban J connectivity index is 2.73. The van der Waals surface area contributed by atoms with Gasteiger partial charge < -0.3 is 5.11 Å². The molecule has 4 heteroatoms. The first-order valence-corrected chi connectivity index (χ1v) is 5.84. The second-order valence-electron chi connectivity index (χ2n) is 4.70. The summed E-state index contributed by atoms with van der Waals surface area (Å²) in [5, 5.41) is 11.8. The summed E-state index contributed by atoms with van der Waals surface area (Å²) in [5.74, 6) is -0.176. The van der Waals surface area contributed by atoms with E-state index in [2.05, 4.69) is 25.8 Å². The Bertz CT molecular complexity index is 350. The van der Waals surface area contributed by atoms with E-state index < -0.39 is 6.10 Å². The Hall–Kier alpha value is -0.740. The van der Waals surface area contributed by atoms with Gasteiger partial charge in [-0.15, -0.1) is 11.3 Å². The van der Waals surface area contributed by atoms with Crippen LogP contribution in [0.2, 0.25) is 0 Å². The molecular weight excluding hydrogens is 210 g/mol. The lowest BCUT2D eigenvalue weighted by molar-refractivity contribution is -0.125. The smallest absolute Gasteiger partial charge is 0.167 e. The summed E-state index contributed by atoms with van der Waals surface area (Å²) < 4.78 is 0. The Labute approximate surface area is 94.2 Å². The molecule has 1 atom stereocenters. The van der Waals surface area contributed by atoms with Crippen LogP contribution >= 0.6 is 11.3 Å². The van der Waals surface area contributed by atoms with Gasteiger partial charge in [-0.3, -0.25) is 4.79 Å². The van der Waals surface area contributed by atoms with Gasteiger partial charge in [0.2, 0.25) is 0 Å². The monoisotopic (exact) mass is 227 g/mol. The molecule has 3 nitrogen and oxygen atoms in total. The van der Waals surface area contributed by atoms with E-state index in [4.69, 9.17) is 5.11 Å². The minimum Gasteiger partial charge on any atom is -0.386 e. The zero-order chi connectivity index (χ0) is 11.6. The van der Waals surface area contributed by atoms with Gasteiger partial charge in [-0.05, 0) is 6.92 Å². The zero-order valence-corrected chi connectivity index (χ0v) is 10.4. The number of hydrogen-bond donors (Lipinski definition) is 1. The van der Waals surface area contributed by atoms with Crippen LogP contribution in [0, 0.1) is 0 Å². The number of Topliss-reactive ketones (excluding diaryl/α,β-unsaturated/α-hetero) is 1. The molecule has 15 heavy (non-hydrogen) atoms. The molecule has 1 N–H and O–H groups in total. The van der Waals surface area contributed by atoms with Crippen LogP contribution < -0.4 is 0 Å². The van der Waals surface area contributed by atoms with Crippen LogP contribution in [0.5, 0.6) is 0 Å². The highest BCUT2D eigenvalue weighted by Crippen LogP contribution is 2.24. The van der Waals surface area contributed by atoms with E-state index in [1.807, 2.05) is 5.38 Å². The lowest BCUT2D eigenvalue weighted by atomic mass is 9.93. The van der Waals surface area contributed by atoms with Gasteiger partial charge >= 0.3 is 0 Å². The number of aromatic nitrogens is 1. The van der Waals surface area contributed by atoms with Gasteiger partial charge in [0.05, 0.1) is 12.1 Å². The van der Waals surface area contributed by atoms with Crippen molar-refractivity contribution in [1.82, 2.24) is 4.98 Å². The highest BCUT2D eigenvalue weighted by molar-refractivity contribution is 7.09. The zero-order valence-electron chi connectivity index (χ0n) is 9.57. The second kappa shape index (κ2) is 4.41. The lowest BCUT2D eigenvalue weighted by Gasteiger charge is -2.14. The van der Waals surface area contributed by atoms with Crippen LogP contribution in [0.4, 0.5) is 0 Å². The molecule has 1 aromatic heterocycles. The summed E-state index contributed by atoms with van der Waals surface area (Å²) >= 11 is 1.48.